The molecule has 0 saturated carbocycles. The third-order valence-electron chi connectivity index (χ3n) is 1.83. The van der Waals surface area contributed by atoms with E-state index in [2.05, 4.69) is 31.9 Å². The normalized spacial score (nSPS) is 13.1. The molecule has 0 aliphatic carbocycles. The van der Waals surface area contributed by atoms with Crippen molar-refractivity contribution in [3.63, 3.8) is 0 Å². The van der Waals surface area contributed by atoms with Crippen molar-refractivity contribution in [1.29, 1.82) is 0 Å². The average Bonchev–Trinajstić information content (AvgIpc) is 2.74. The van der Waals surface area contributed by atoms with Gasteiger partial charge in [-0.2, -0.15) is 0 Å². The van der Waals surface area contributed by atoms with Gasteiger partial charge in [0.25, 0.3) is 0 Å². The van der Waals surface area contributed by atoms with Gasteiger partial charge in [0.05, 0.1) is 4.88 Å². The molecule has 0 aliphatic rings. The van der Waals surface area contributed by atoms with Gasteiger partial charge in [-0.3, -0.25) is 0 Å². The summed E-state index contributed by atoms with van der Waals surface area (Å²) in [5.74, 6) is 0. The maximum atomic E-state index is 10.1. The van der Waals surface area contributed by atoms with E-state index in [-0.39, 0.29) is 0 Å². The fourth-order valence-corrected chi connectivity index (χ4v) is 4.53. The fraction of sp³-hybridized carbons (Fsp3) is 0.111. The minimum absolute atomic E-state index is 0.604. The molecule has 6 heteroatoms. The Labute approximate surface area is 117 Å². The number of hydrogen-bond acceptors (Lipinski definition) is 3. The molecule has 0 bridgehead atoms. The van der Waals surface area contributed by atoms with Crippen molar-refractivity contribution in [2.45, 2.75) is 6.10 Å². The molecule has 15 heavy (non-hydrogen) atoms. The minimum atomic E-state index is -0.604. The second-order valence-corrected chi connectivity index (χ2v) is 7.15. The van der Waals surface area contributed by atoms with Crippen molar-refractivity contribution >= 4 is 66.1 Å². The van der Waals surface area contributed by atoms with Crippen LogP contribution in [0.3, 0.4) is 0 Å². The molecule has 2 heterocycles. The lowest BCUT2D eigenvalue weighted by Crippen LogP contribution is -1.93. The lowest BCUT2D eigenvalue weighted by Gasteiger charge is -2.05. The largest absolute Gasteiger partial charge is 0.382 e. The van der Waals surface area contributed by atoms with Gasteiger partial charge in [0.15, 0.2) is 0 Å². The van der Waals surface area contributed by atoms with Gasteiger partial charge in [-0.15, -0.1) is 22.7 Å². The second kappa shape index (κ2) is 4.85. The molecule has 0 radical (unpaired) electrons. The van der Waals surface area contributed by atoms with E-state index < -0.39 is 6.10 Å². The molecule has 1 nitrogen and oxygen atoms in total. The Hall–Kier alpha value is 0.610. The summed E-state index contributed by atoms with van der Waals surface area (Å²) in [5, 5.41) is 12.0. The molecule has 1 N–H and O–H groups in total. The van der Waals surface area contributed by atoms with Crippen molar-refractivity contribution in [2.75, 3.05) is 0 Å². The third kappa shape index (κ3) is 2.48. The van der Waals surface area contributed by atoms with E-state index in [0.29, 0.717) is 4.34 Å². The number of hydrogen-bond donors (Lipinski definition) is 1. The Kier molecular flexibility index (Phi) is 3.91. The molecule has 2 aromatic rings. The number of aliphatic hydroxyl groups is 1. The van der Waals surface area contributed by atoms with Gasteiger partial charge in [-0.25, -0.2) is 0 Å². The first-order valence-corrected chi connectivity index (χ1v) is 7.61. The second-order valence-electron chi connectivity index (χ2n) is 2.81. The molecular formula is C9H5Br2ClOS2. The molecule has 1 atom stereocenters. The zero-order valence-electron chi connectivity index (χ0n) is 7.21. The first-order valence-electron chi connectivity index (χ1n) is 3.95. The average molecular weight is 389 g/mol. The molecular weight excluding hydrogens is 383 g/mol. The summed E-state index contributed by atoms with van der Waals surface area (Å²) in [4.78, 5) is 1.75. The van der Waals surface area contributed by atoms with Crippen molar-refractivity contribution in [2.24, 2.45) is 0 Å². The Balaban J connectivity index is 2.36. The Morgan fingerprint density at radius 2 is 2.07 bits per heavy atom. The zero-order chi connectivity index (χ0) is 11.0. The van der Waals surface area contributed by atoms with Gasteiger partial charge in [0.2, 0.25) is 0 Å². The van der Waals surface area contributed by atoms with Gasteiger partial charge in [-0.05, 0) is 49.4 Å². The predicted octanol–water partition coefficient (Wildman–Crippen LogP) is 5.07. The quantitative estimate of drug-likeness (QED) is 0.762. The van der Waals surface area contributed by atoms with E-state index in [1.807, 2.05) is 17.5 Å². The highest BCUT2D eigenvalue weighted by Gasteiger charge is 2.18. The summed E-state index contributed by atoms with van der Waals surface area (Å²) in [6, 6.07) is 3.78. The van der Waals surface area contributed by atoms with Crippen LogP contribution >= 0.6 is 66.1 Å². The summed E-state index contributed by atoms with van der Waals surface area (Å²) in [6.07, 6.45) is -0.604. The van der Waals surface area contributed by atoms with Gasteiger partial charge in [-0.1, -0.05) is 11.6 Å². The highest BCUT2D eigenvalue weighted by Crippen LogP contribution is 2.40. The first-order chi connectivity index (χ1) is 7.09. The van der Waals surface area contributed by atoms with Crippen LogP contribution in [0.25, 0.3) is 0 Å². The van der Waals surface area contributed by atoms with Crippen LogP contribution in [-0.2, 0) is 0 Å². The number of thiophene rings is 2. The zero-order valence-corrected chi connectivity index (χ0v) is 12.8. The summed E-state index contributed by atoms with van der Waals surface area (Å²) in [5.41, 5.74) is 0. The number of aliphatic hydroxyl groups excluding tert-OH is 1. The summed E-state index contributed by atoms with van der Waals surface area (Å²) in [6.45, 7) is 0. The molecule has 0 fully saturated rings. The van der Waals surface area contributed by atoms with Crippen LogP contribution in [0.5, 0.6) is 0 Å². The Bertz CT molecular complexity index is 461. The van der Waals surface area contributed by atoms with E-state index in [4.69, 9.17) is 11.6 Å². The summed E-state index contributed by atoms with van der Waals surface area (Å²) >= 11 is 15.6. The highest BCUT2D eigenvalue weighted by molar-refractivity contribution is 9.11. The third-order valence-corrected chi connectivity index (χ3v) is 6.28. The molecule has 0 amide bonds. The number of rotatable bonds is 2. The summed E-state index contributed by atoms with van der Waals surface area (Å²) < 4.78 is 2.42. The van der Waals surface area contributed by atoms with E-state index in [1.165, 1.54) is 22.7 Å². The Morgan fingerprint density at radius 1 is 1.33 bits per heavy atom. The van der Waals surface area contributed by atoms with Crippen molar-refractivity contribution in [1.82, 2.24) is 0 Å². The van der Waals surface area contributed by atoms with Crippen LogP contribution in [-0.4, -0.2) is 5.11 Å². The number of halogens is 3. The molecule has 0 aromatic carbocycles. The lowest BCUT2D eigenvalue weighted by atomic mass is 10.2. The monoisotopic (exact) mass is 386 g/mol. The van der Waals surface area contributed by atoms with Gasteiger partial charge in [0, 0.05) is 13.8 Å². The molecule has 0 saturated heterocycles. The van der Waals surface area contributed by atoms with Crippen LogP contribution in [0.15, 0.2) is 26.5 Å². The van der Waals surface area contributed by atoms with Crippen molar-refractivity contribution in [3.05, 3.63) is 40.5 Å². The highest BCUT2D eigenvalue weighted by atomic mass is 79.9. The van der Waals surface area contributed by atoms with Crippen LogP contribution in [0.2, 0.25) is 4.34 Å². The van der Waals surface area contributed by atoms with Crippen molar-refractivity contribution < 1.29 is 5.11 Å². The predicted molar refractivity (Wildman–Crippen MR) is 73.1 cm³/mol. The maximum Gasteiger partial charge on any atom is 0.124 e. The van der Waals surface area contributed by atoms with Gasteiger partial charge < -0.3 is 5.11 Å². The van der Waals surface area contributed by atoms with E-state index >= 15 is 0 Å². The maximum absolute atomic E-state index is 10.1. The lowest BCUT2D eigenvalue weighted by molar-refractivity contribution is 0.227. The van der Waals surface area contributed by atoms with Crippen LogP contribution < -0.4 is 0 Å². The van der Waals surface area contributed by atoms with E-state index in [9.17, 15) is 5.11 Å². The molecule has 2 aromatic heterocycles. The molecule has 0 spiro atoms. The van der Waals surface area contributed by atoms with E-state index in [0.717, 1.165) is 18.7 Å². The SMILES string of the molecule is OC(c1cc(Br)c(Cl)s1)c1sccc1Br. The topological polar surface area (TPSA) is 20.2 Å². The Morgan fingerprint density at radius 3 is 2.53 bits per heavy atom. The van der Waals surface area contributed by atoms with Gasteiger partial charge in [0.1, 0.15) is 10.4 Å². The molecule has 0 aliphatic heterocycles. The van der Waals surface area contributed by atoms with Crippen LogP contribution in [0.4, 0.5) is 0 Å². The minimum Gasteiger partial charge on any atom is -0.382 e. The van der Waals surface area contributed by atoms with Crippen molar-refractivity contribution in [3.8, 4) is 0 Å². The molecule has 80 valence electrons. The first kappa shape index (κ1) is 12.1. The smallest absolute Gasteiger partial charge is 0.124 e. The standard InChI is InChI=1S/C9H5Br2ClOS2/c10-4-1-2-14-8(4)7(13)6-3-5(11)9(12)15-6/h1-3,7,13H. The van der Waals surface area contributed by atoms with Crippen LogP contribution in [0.1, 0.15) is 15.9 Å². The summed E-state index contributed by atoms with van der Waals surface area (Å²) in [7, 11) is 0. The van der Waals surface area contributed by atoms with E-state index in [1.54, 1.807) is 0 Å². The van der Waals surface area contributed by atoms with Gasteiger partial charge >= 0.3 is 0 Å². The molecule has 2 rings (SSSR count). The molecule has 1 unspecified atom stereocenters. The fourth-order valence-electron chi connectivity index (χ4n) is 1.13. The van der Waals surface area contributed by atoms with Crippen LogP contribution in [0, 0.1) is 0 Å².